The van der Waals surface area contributed by atoms with E-state index < -0.39 is 5.97 Å². The number of hydrogen-bond acceptors (Lipinski definition) is 2. The number of rotatable bonds is 5. The third-order valence-corrected chi connectivity index (χ3v) is 2.08. The summed E-state index contributed by atoms with van der Waals surface area (Å²) in [6, 6.07) is 7.30. The molecular weight excluding hydrogens is 307 g/mol. The molecule has 0 aliphatic heterocycles. The van der Waals surface area contributed by atoms with Gasteiger partial charge in [-0.1, -0.05) is 34.7 Å². The van der Waals surface area contributed by atoms with E-state index >= 15 is 0 Å². The van der Waals surface area contributed by atoms with Crippen LogP contribution in [0, 0.1) is 0 Å². The smallest absolute Gasteiger partial charge is 0.328 e. The molecular formula is C11H11IO3. The van der Waals surface area contributed by atoms with Crippen LogP contribution in [-0.4, -0.2) is 22.1 Å². The SMILES string of the molecule is O=C(O)/C=C/c1ccc(OCCI)cc1. The van der Waals surface area contributed by atoms with Crippen LogP contribution in [0.5, 0.6) is 5.75 Å². The fourth-order valence-corrected chi connectivity index (χ4v) is 1.22. The van der Waals surface area contributed by atoms with Gasteiger partial charge in [-0.2, -0.15) is 0 Å². The summed E-state index contributed by atoms with van der Waals surface area (Å²) in [5.41, 5.74) is 0.847. The summed E-state index contributed by atoms with van der Waals surface area (Å²) in [7, 11) is 0. The van der Waals surface area contributed by atoms with Gasteiger partial charge < -0.3 is 9.84 Å². The second-order valence-corrected chi connectivity index (χ2v) is 3.86. The van der Waals surface area contributed by atoms with E-state index in [1.165, 1.54) is 0 Å². The number of halogens is 1. The molecule has 0 heterocycles. The molecule has 0 aromatic heterocycles. The Labute approximate surface area is 102 Å². The minimum Gasteiger partial charge on any atom is -0.493 e. The average molecular weight is 318 g/mol. The Balaban J connectivity index is 2.60. The fourth-order valence-electron chi connectivity index (χ4n) is 0.999. The van der Waals surface area contributed by atoms with E-state index in [1.54, 1.807) is 6.08 Å². The third kappa shape index (κ3) is 4.83. The number of ether oxygens (including phenoxy) is 1. The molecule has 0 bridgehead atoms. The summed E-state index contributed by atoms with van der Waals surface area (Å²) in [4.78, 5) is 10.3. The first kappa shape index (κ1) is 12.0. The van der Waals surface area contributed by atoms with Crippen molar-refractivity contribution in [3.05, 3.63) is 35.9 Å². The second-order valence-electron chi connectivity index (χ2n) is 2.78. The maximum Gasteiger partial charge on any atom is 0.328 e. The van der Waals surface area contributed by atoms with Crippen molar-refractivity contribution in [2.24, 2.45) is 0 Å². The van der Waals surface area contributed by atoms with Gasteiger partial charge in [0.25, 0.3) is 0 Å². The molecule has 3 nitrogen and oxygen atoms in total. The van der Waals surface area contributed by atoms with Gasteiger partial charge in [-0.25, -0.2) is 4.79 Å². The number of alkyl halides is 1. The Morgan fingerprint density at radius 3 is 2.60 bits per heavy atom. The van der Waals surface area contributed by atoms with Crippen molar-refractivity contribution in [1.82, 2.24) is 0 Å². The maximum atomic E-state index is 10.3. The predicted molar refractivity (Wildman–Crippen MR) is 67.5 cm³/mol. The molecule has 0 aliphatic rings. The van der Waals surface area contributed by atoms with Gasteiger partial charge in [-0.05, 0) is 23.8 Å². The number of benzene rings is 1. The normalized spacial score (nSPS) is 10.5. The monoisotopic (exact) mass is 318 g/mol. The lowest BCUT2D eigenvalue weighted by molar-refractivity contribution is -0.131. The summed E-state index contributed by atoms with van der Waals surface area (Å²) in [5, 5.41) is 8.43. The van der Waals surface area contributed by atoms with E-state index in [0.717, 1.165) is 21.8 Å². The lowest BCUT2D eigenvalue weighted by atomic mass is 10.2. The van der Waals surface area contributed by atoms with E-state index in [9.17, 15) is 4.79 Å². The summed E-state index contributed by atoms with van der Waals surface area (Å²) in [5.74, 6) is -0.139. The van der Waals surface area contributed by atoms with E-state index in [1.807, 2.05) is 24.3 Å². The molecule has 15 heavy (non-hydrogen) atoms. The number of aliphatic carboxylic acids is 1. The molecule has 0 radical (unpaired) electrons. The van der Waals surface area contributed by atoms with Crippen LogP contribution in [0.4, 0.5) is 0 Å². The summed E-state index contributed by atoms with van der Waals surface area (Å²) < 4.78 is 6.33. The van der Waals surface area contributed by atoms with Crippen molar-refractivity contribution in [2.75, 3.05) is 11.0 Å². The highest BCUT2D eigenvalue weighted by Gasteiger charge is 1.93. The number of carboxylic acid groups (broad SMARTS) is 1. The molecule has 0 amide bonds. The zero-order chi connectivity index (χ0) is 11.1. The van der Waals surface area contributed by atoms with Gasteiger partial charge in [-0.15, -0.1) is 0 Å². The van der Waals surface area contributed by atoms with Gasteiger partial charge in [-0.3, -0.25) is 0 Å². The van der Waals surface area contributed by atoms with Crippen LogP contribution < -0.4 is 4.74 Å². The van der Waals surface area contributed by atoms with Crippen LogP contribution >= 0.6 is 22.6 Å². The molecule has 1 aromatic carbocycles. The largest absolute Gasteiger partial charge is 0.493 e. The molecule has 0 atom stereocenters. The maximum absolute atomic E-state index is 10.3. The predicted octanol–water partition coefficient (Wildman–Crippen LogP) is 2.60. The van der Waals surface area contributed by atoms with Gasteiger partial charge in [0.15, 0.2) is 0 Å². The Morgan fingerprint density at radius 2 is 2.07 bits per heavy atom. The summed E-state index contributed by atoms with van der Waals surface area (Å²) in [6.07, 6.45) is 2.66. The lowest BCUT2D eigenvalue weighted by Crippen LogP contribution is -1.97. The van der Waals surface area contributed by atoms with Crippen molar-refractivity contribution in [1.29, 1.82) is 0 Å². The van der Waals surface area contributed by atoms with Crippen LogP contribution in [0.2, 0.25) is 0 Å². The van der Waals surface area contributed by atoms with Crippen molar-refractivity contribution in [3.63, 3.8) is 0 Å². The van der Waals surface area contributed by atoms with Crippen LogP contribution in [0.1, 0.15) is 5.56 Å². The molecule has 1 aromatic rings. The molecule has 1 N–H and O–H groups in total. The minimum absolute atomic E-state index is 0.685. The van der Waals surface area contributed by atoms with Gasteiger partial charge in [0.1, 0.15) is 5.75 Å². The fraction of sp³-hybridized carbons (Fsp3) is 0.182. The molecule has 0 spiro atoms. The third-order valence-electron chi connectivity index (χ3n) is 1.64. The Bertz CT molecular complexity index is 343. The molecule has 0 saturated carbocycles. The highest BCUT2D eigenvalue weighted by atomic mass is 127. The minimum atomic E-state index is -0.944. The quantitative estimate of drug-likeness (QED) is 0.516. The average Bonchev–Trinajstić information content (AvgIpc) is 2.25. The van der Waals surface area contributed by atoms with Gasteiger partial charge >= 0.3 is 5.97 Å². The van der Waals surface area contributed by atoms with Crippen LogP contribution in [0.3, 0.4) is 0 Å². The first-order valence-electron chi connectivity index (χ1n) is 4.42. The van der Waals surface area contributed by atoms with E-state index in [0.29, 0.717) is 6.61 Å². The van der Waals surface area contributed by atoms with Crippen LogP contribution in [0.25, 0.3) is 6.08 Å². The Kier molecular flexibility index (Phi) is 5.17. The molecule has 1 rings (SSSR count). The molecule has 80 valence electrons. The molecule has 4 heteroatoms. The number of carboxylic acids is 1. The van der Waals surface area contributed by atoms with Crippen molar-refractivity contribution >= 4 is 34.6 Å². The first-order chi connectivity index (χ1) is 7.22. The molecule has 0 unspecified atom stereocenters. The van der Waals surface area contributed by atoms with E-state index in [-0.39, 0.29) is 0 Å². The zero-order valence-corrected chi connectivity index (χ0v) is 10.2. The highest BCUT2D eigenvalue weighted by molar-refractivity contribution is 14.1. The Morgan fingerprint density at radius 1 is 1.40 bits per heavy atom. The summed E-state index contributed by atoms with van der Waals surface area (Å²) in [6.45, 7) is 0.685. The highest BCUT2D eigenvalue weighted by Crippen LogP contribution is 2.13. The van der Waals surface area contributed by atoms with E-state index in [4.69, 9.17) is 9.84 Å². The van der Waals surface area contributed by atoms with Gasteiger partial charge in [0, 0.05) is 10.5 Å². The summed E-state index contributed by atoms with van der Waals surface area (Å²) >= 11 is 2.24. The topological polar surface area (TPSA) is 46.5 Å². The second kappa shape index (κ2) is 6.44. The molecule has 0 aliphatic carbocycles. The van der Waals surface area contributed by atoms with Crippen molar-refractivity contribution in [3.8, 4) is 5.75 Å². The first-order valence-corrected chi connectivity index (χ1v) is 5.95. The van der Waals surface area contributed by atoms with Crippen LogP contribution in [-0.2, 0) is 4.79 Å². The standard InChI is InChI=1S/C11H11IO3/c12-7-8-15-10-4-1-9(2-5-10)3-6-11(13)14/h1-6H,7-8H2,(H,13,14)/b6-3+. The van der Waals surface area contributed by atoms with Gasteiger partial charge in [0.2, 0.25) is 0 Å². The van der Waals surface area contributed by atoms with E-state index in [2.05, 4.69) is 22.6 Å². The van der Waals surface area contributed by atoms with Crippen LogP contribution in [0.15, 0.2) is 30.3 Å². The molecule has 0 saturated heterocycles. The van der Waals surface area contributed by atoms with Crippen molar-refractivity contribution < 1.29 is 14.6 Å². The van der Waals surface area contributed by atoms with Gasteiger partial charge in [0.05, 0.1) is 6.61 Å². The molecule has 0 fully saturated rings. The zero-order valence-electron chi connectivity index (χ0n) is 8.02. The Hall–Kier alpha value is -1.04. The lowest BCUT2D eigenvalue weighted by Gasteiger charge is -2.03. The number of hydrogen-bond donors (Lipinski definition) is 1. The van der Waals surface area contributed by atoms with Crippen molar-refractivity contribution in [2.45, 2.75) is 0 Å². The number of carbonyl (C=O) groups is 1.